The van der Waals surface area contributed by atoms with Crippen LogP contribution in [-0.4, -0.2) is 12.1 Å². The van der Waals surface area contributed by atoms with Gasteiger partial charge in [-0.2, -0.15) is 0 Å². The Hall–Kier alpha value is -2.82. The SMILES string of the molecule is O=C(NC(=O)Oc1ccccc1)Nc1ccccc1. The van der Waals surface area contributed by atoms with Gasteiger partial charge in [-0.1, -0.05) is 36.4 Å². The Bertz CT molecular complexity index is 504. The standard InChI is InChI=1S/C14H12N2O3/c17-13(15-11-7-3-1-4-8-11)16-14(18)19-12-9-5-2-6-10-12/h1-10H,(H2,15,16,17,18). The molecular formula is C14H12N2O3. The van der Waals surface area contributed by atoms with E-state index >= 15 is 0 Å². The first-order valence-electron chi connectivity index (χ1n) is 5.64. The number of para-hydroxylation sites is 2. The molecule has 2 N–H and O–H groups in total. The molecule has 2 aromatic rings. The van der Waals surface area contributed by atoms with Gasteiger partial charge >= 0.3 is 12.1 Å². The lowest BCUT2D eigenvalue weighted by Gasteiger charge is -2.07. The van der Waals surface area contributed by atoms with Crippen molar-refractivity contribution in [2.75, 3.05) is 5.32 Å². The minimum absolute atomic E-state index is 0.368. The van der Waals surface area contributed by atoms with Crippen LogP contribution in [0.3, 0.4) is 0 Å². The summed E-state index contributed by atoms with van der Waals surface area (Å²) < 4.78 is 4.91. The number of anilines is 1. The average Bonchev–Trinajstić information content (AvgIpc) is 2.40. The molecule has 0 fully saturated rings. The molecule has 0 spiro atoms. The lowest BCUT2D eigenvalue weighted by atomic mass is 10.3. The number of benzene rings is 2. The molecule has 2 aromatic carbocycles. The topological polar surface area (TPSA) is 67.4 Å². The molecule has 0 heterocycles. The molecule has 19 heavy (non-hydrogen) atoms. The lowest BCUT2D eigenvalue weighted by molar-refractivity contribution is 0.199. The van der Waals surface area contributed by atoms with E-state index < -0.39 is 12.1 Å². The molecule has 3 amide bonds. The van der Waals surface area contributed by atoms with Crippen molar-refractivity contribution in [3.63, 3.8) is 0 Å². The van der Waals surface area contributed by atoms with Crippen LogP contribution in [-0.2, 0) is 0 Å². The minimum atomic E-state index is -0.834. The van der Waals surface area contributed by atoms with Crippen molar-refractivity contribution in [3.8, 4) is 5.75 Å². The lowest BCUT2D eigenvalue weighted by Crippen LogP contribution is -2.36. The van der Waals surface area contributed by atoms with Crippen LogP contribution in [0.4, 0.5) is 15.3 Å². The number of carbonyl (C=O) groups excluding carboxylic acids is 2. The second-order valence-corrected chi connectivity index (χ2v) is 3.65. The van der Waals surface area contributed by atoms with Crippen LogP contribution in [0.15, 0.2) is 60.7 Å². The summed E-state index contributed by atoms with van der Waals surface area (Å²) in [6.45, 7) is 0. The summed E-state index contributed by atoms with van der Waals surface area (Å²) in [5, 5.41) is 4.57. The highest BCUT2D eigenvalue weighted by Gasteiger charge is 2.09. The van der Waals surface area contributed by atoms with Crippen molar-refractivity contribution < 1.29 is 14.3 Å². The Morgan fingerprint density at radius 3 is 2.05 bits per heavy atom. The zero-order valence-electron chi connectivity index (χ0n) is 10.00. The average molecular weight is 256 g/mol. The molecular weight excluding hydrogens is 244 g/mol. The van der Waals surface area contributed by atoms with Gasteiger partial charge in [-0.25, -0.2) is 14.9 Å². The molecule has 96 valence electrons. The molecule has 0 saturated carbocycles. The van der Waals surface area contributed by atoms with E-state index in [0.29, 0.717) is 11.4 Å². The summed E-state index contributed by atoms with van der Waals surface area (Å²) in [4.78, 5) is 22.9. The predicted molar refractivity (Wildman–Crippen MR) is 71.1 cm³/mol. The number of hydrogen-bond acceptors (Lipinski definition) is 3. The van der Waals surface area contributed by atoms with Gasteiger partial charge in [0.1, 0.15) is 5.75 Å². The first kappa shape index (κ1) is 12.6. The molecule has 0 aliphatic carbocycles. The molecule has 5 nitrogen and oxygen atoms in total. The monoisotopic (exact) mass is 256 g/mol. The van der Waals surface area contributed by atoms with Crippen molar-refractivity contribution in [2.45, 2.75) is 0 Å². The maximum Gasteiger partial charge on any atom is 0.420 e. The number of ether oxygens (including phenoxy) is 1. The zero-order valence-corrected chi connectivity index (χ0v) is 10.00. The highest BCUT2D eigenvalue weighted by molar-refractivity contribution is 5.99. The summed E-state index contributed by atoms with van der Waals surface area (Å²) in [5.41, 5.74) is 0.590. The molecule has 0 bridgehead atoms. The number of hydrogen-bond donors (Lipinski definition) is 2. The molecule has 0 aromatic heterocycles. The zero-order chi connectivity index (χ0) is 13.5. The van der Waals surface area contributed by atoms with E-state index in [4.69, 9.17) is 4.74 Å². The van der Waals surface area contributed by atoms with Crippen LogP contribution in [0.2, 0.25) is 0 Å². The van der Waals surface area contributed by atoms with E-state index in [2.05, 4.69) is 10.6 Å². The van der Waals surface area contributed by atoms with Gasteiger partial charge in [0.2, 0.25) is 0 Å². The molecule has 0 unspecified atom stereocenters. The number of carbonyl (C=O) groups is 2. The van der Waals surface area contributed by atoms with Gasteiger partial charge in [0.15, 0.2) is 0 Å². The fourth-order valence-corrected chi connectivity index (χ4v) is 1.40. The van der Waals surface area contributed by atoms with Crippen LogP contribution in [0, 0.1) is 0 Å². The fourth-order valence-electron chi connectivity index (χ4n) is 1.40. The normalized spacial score (nSPS) is 9.47. The van der Waals surface area contributed by atoms with Crippen LogP contribution < -0.4 is 15.4 Å². The van der Waals surface area contributed by atoms with Gasteiger partial charge in [0.05, 0.1) is 0 Å². The van der Waals surface area contributed by atoms with Crippen molar-refractivity contribution >= 4 is 17.8 Å². The Morgan fingerprint density at radius 2 is 1.42 bits per heavy atom. The van der Waals surface area contributed by atoms with E-state index in [1.165, 1.54) is 0 Å². The predicted octanol–water partition coefficient (Wildman–Crippen LogP) is 3.01. The molecule has 0 aliphatic heterocycles. The summed E-state index contributed by atoms with van der Waals surface area (Å²) in [5.74, 6) is 0.368. The van der Waals surface area contributed by atoms with Gasteiger partial charge in [0.25, 0.3) is 0 Å². The Balaban J connectivity index is 1.84. The smallest absolute Gasteiger partial charge is 0.410 e. The summed E-state index contributed by atoms with van der Waals surface area (Å²) >= 11 is 0. The second-order valence-electron chi connectivity index (χ2n) is 3.65. The maximum absolute atomic E-state index is 11.5. The van der Waals surface area contributed by atoms with E-state index in [1.807, 2.05) is 6.07 Å². The summed E-state index contributed by atoms with van der Waals surface area (Å²) in [6.07, 6.45) is -0.834. The Labute approximate surface area is 110 Å². The van der Waals surface area contributed by atoms with E-state index in [1.54, 1.807) is 54.6 Å². The molecule has 0 atom stereocenters. The van der Waals surface area contributed by atoms with Crippen LogP contribution in [0.5, 0.6) is 5.75 Å². The highest BCUT2D eigenvalue weighted by atomic mass is 16.6. The second kappa shape index (κ2) is 6.20. The fraction of sp³-hybridized carbons (Fsp3) is 0. The highest BCUT2D eigenvalue weighted by Crippen LogP contribution is 2.08. The van der Waals surface area contributed by atoms with Crippen molar-refractivity contribution in [2.24, 2.45) is 0 Å². The van der Waals surface area contributed by atoms with Crippen LogP contribution >= 0.6 is 0 Å². The van der Waals surface area contributed by atoms with Crippen molar-refractivity contribution in [1.29, 1.82) is 0 Å². The summed E-state index contributed by atoms with van der Waals surface area (Å²) in [7, 11) is 0. The molecule has 2 rings (SSSR count). The first-order valence-corrected chi connectivity index (χ1v) is 5.64. The number of amides is 3. The van der Waals surface area contributed by atoms with E-state index in [0.717, 1.165) is 0 Å². The first-order chi connectivity index (χ1) is 9.24. The van der Waals surface area contributed by atoms with Gasteiger partial charge in [0, 0.05) is 5.69 Å². The molecule has 0 saturated heterocycles. The van der Waals surface area contributed by atoms with Gasteiger partial charge in [-0.05, 0) is 24.3 Å². The Kier molecular flexibility index (Phi) is 4.12. The number of nitrogens with one attached hydrogen (secondary N) is 2. The number of imide groups is 1. The van der Waals surface area contributed by atoms with Gasteiger partial charge < -0.3 is 10.1 Å². The molecule has 0 radical (unpaired) electrons. The number of urea groups is 1. The third kappa shape index (κ3) is 4.16. The third-order valence-corrected chi connectivity index (χ3v) is 2.20. The summed E-state index contributed by atoms with van der Waals surface area (Å²) in [6, 6.07) is 16.6. The van der Waals surface area contributed by atoms with Gasteiger partial charge in [-0.3, -0.25) is 0 Å². The van der Waals surface area contributed by atoms with Gasteiger partial charge in [-0.15, -0.1) is 0 Å². The molecule has 0 aliphatic rings. The largest absolute Gasteiger partial charge is 0.420 e. The molecule has 5 heteroatoms. The van der Waals surface area contributed by atoms with Crippen molar-refractivity contribution in [1.82, 2.24) is 5.32 Å². The van der Waals surface area contributed by atoms with Crippen molar-refractivity contribution in [3.05, 3.63) is 60.7 Å². The van der Waals surface area contributed by atoms with Crippen LogP contribution in [0.25, 0.3) is 0 Å². The van der Waals surface area contributed by atoms with Crippen LogP contribution in [0.1, 0.15) is 0 Å². The Morgan fingerprint density at radius 1 is 0.842 bits per heavy atom. The number of rotatable bonds is 2. The minimum Gasteiger partial charge on any atom is -0.410 e. The quantitative estimate of drug-likeness (QED) is 0.867. The van der Waals surface area contributed by atoms with E-state index in [-0.39, 0.29) is 0 Å². The third-order valence-electron chi connectivity index (χ3n) is 2.20. The maximum atomic E-state index is 11.5. The van der Waals surface area contributed by atoms with E-state index in [9.17, 15) is 9.59 Å².